The minimum Gasteiger partial charge on any atom is -0.343 e. The fraction of sp³-hybridized carbons (Fsp3) is 0.364. The number of nitrogens with zero attached hydrogens (tertiary/aromatic N) is 1. The van der Waals surface area contributed by atoms with Gasteiger partial charge in [-0.25, -0.2) is 0 Å². The molecule has 1 aliphatic heterocycles. The molecule has 3 rings (SSSR count). The van der Waals surface area contributed by atoms with Crippen LogP contribution in [0.15, 0.2) is 54.6 Å². The van der Waals surface area contributed by atoms with Crippen molar-refractivity contribution in [2.24, 2.45) is 5.92 Å². The Morgan fingerprint density at radius 3 is 2.35 bits per heavy atom. The highest BCUT2D eigenvalue weighted by Gasteiger charge is 2.23. The van der Waals surface area contributed by atoms with Crippen molar-refractivity contribution in [2.45, 2.75) is 26.2 Å². The van der Waals surface area contributed by atoms with Gasteiger partial charge < -0.3 is 10.2 Å². The highest BCUT2D eigenvalue weighted by molar-refractivity contribution is 5.97. The second-order valence-corrected chi connectivity index (χ2v) is 7.01. The van der Waals surface area contributed by atoms with Crippen LogP contribution in [0.1, 0.15) is 34.3 Å². The van der Waals surface area contributed by atoms with E-state index >= 15 is 0 Å². The van der Waals surface area contributed by atoms with Crippen molar-refractivity contribution in [1.29, 1.82) is 0 Å². The van der Waals surface area contributed by atoms with E-state index < -0.39 is 0 Å². The number of carbonyl (C=O) groups is 2. The van der Waals surface area contributed by atoms with E-state index in [1.807, 2.05) is 36.1 Å². The lowest BCUT2D eigenvalue weighted by atomic mass is 9.90. The first-order valence-corrected chi connectivity index (χ1v) is 9.29. The van der Waals surface area contributed by atoms with E-state index in [0.29, 0.717) is 11.5 Å². The van der Waals surface area contributed by atoms with Gasteiger partial charge in [0.05, 0.1) is 6.54 Å². The number of rotatable bonds is 5. The molecule has 1 saturated heterocycles. The molecule has 0 aromatic heterocycles. The maximum Gasteiger partial charge on any atom is 0.251 e. The monoisotopic (exact) mass is 350 g/mol. The smallest absolute Gasteiger partial charge is 0.251 e. The van der Waals surface area contributed by atoms with Gasteiger partial charge in [-0.3, -0.25) is 9.59 Å². The zero-order chi connectivity index (χ0) is 18.4. The Morgan fingerprint density at radius 1 is 1.00 bits per heavy atom. The fourth-order valence-corrected chi connectivity index (χ4v) is 3.52. The Hall–Kier alpha value is -2.62. The summed E-state index contributed by atoms with van der Waals surface area (Å²) in [5.74, 6) is 0.448. The van der Waals surface area contributed by atoms with Crippen LogP contribution in [0.25, 0.3) is 0 Å². The van der Waals surface area contributed by atoms with Crippen LogP contribution in [-0.4, -0.2) is 36.3 Å². The normalized spacial score (nSPS) is 14.9. The second-order valence-electron chi connectivity index (χ2n) is 7.01. The molecule has 0 aliphatic carbocycles. The Balaban J connectivity index is 1.44. The minimum absolute atomic E-state index is 0.00472. The van der Waals surface area contributed by atoms with Crippen LogP contribution in [-0.2, 0) is 11.2 Å². The van der Waals surface area contributed by atoms with E-state index in [-0.39, 0.29) is 18.4 Å². The third-order valence-electron chi connectivity index (χ3n) is 5.12. The molecule has 1 aliphatic rings. The second kappa shape index (κ2) is 8.65. The van der Waals surface area contributed by atoms with Crippen molar-refractivity contribution in [3.05, 3.63) is 71.3 Å². The average Bonchev–Trinajstić information content (AvgIpc) is 2.67. The lowest BCUT2D eigenvalue weighted by Crippen LogP contribution is -2.44. The van der Waals surface area contributed by atoms with Crippen molar-refractivity contribution in [1.82, 2.24) is 10.2 Å². The largest absolute Gasteiger partial charge is 0.343 e. The predicted octanol–water partition coefficient (Wildman–Crippen LogP) is 3.21. The van der Waals surface area contributed by atoms with Crippen molar-refractivity contribution in [3.63, 3.8) is 0 Å². The highest BCUT2D eigenvalue weighted by Crippen LogP contribution is 2.21. The molecule has 0 saturated carbocycles. The van der Waals surface area contributed by atoms with E-state index in [4.69, 9.17) is 0 Å². The Morgan fingerprint density at radius 2 is 1.65 bits per heavy atom. The number of aryl methyl sites for hydroxylation is 1. The van der Waals surface area contributed by atoms with Gasteiger partial charge in [-0.05, 0) is 49.3 Å². The topological polar surface area (TPSA) is 49.4 Å². The van der Waals surface area contributed by atoms with Crippen molar-refractivity contribution < 1.29 is 9.59 Å². The molecule has 0 unspecified atom stereocenters. The predicted molar refractivity (Wildman–Crippen MR) is 103 cm³/mol. The molecule has 0 atom stereocenters. The first-order valence-electron chi connectivity index (χ1n) is 9.29. The quantitative estimate of drug-likeness (QED) is 0.900. The molecule has 136 valence electrons. The molecular formula is C22H26N2O2. The number of carbonyl (C=O) groups excluding carboxylic acids is 2. The van der Waals surface area contributed by atoms with Crippen LogP contribution >= 0.6 is 0 Å². The van der Waals surface area contributed by atoms with E-state index in [2.05, 4.69) is 29.6 Å². The zero-order valence-corrected chi connectivity index (χ0v) is 15.3. The SMILES string of the molecule is Cc1ccccc1C(=O)NCC(=O)N1CCC(Cc2ccccc2)CC1. The maximum absolute atomic E-state index is 12.4. The lowest BCUT2D eigenvalue weighted by molar-refractivity contribution is -0.131. The summed E-state index contributed by atoms with van der Waals surface area (Å²) in [5, 5.41) is 2.76. The number of benzene rings is 2. The number of hydrogen-bond acceptors (Lipinski definition) is 2. The standard InChI is InChI=1S/C22H26N2O2/c1-17-7-5-6-10-20(17)22(26)23-16-21(25)24-13-11-19(12-14-24)15-18-8-3-2-4-9-18/h2-10,19H,11-16H2,1H3,(H,23,26). The Kier molecular flexibility index (Phi) is 6.05. The molecule has 1 N–H and O–H groups in total. The van der Waals surface area contributed by atoms with Gasteiger partial charge in [-0.2, -0.15) is 0 Å². The van der Waals surface area contributed by atoms with Crippen molar-refractivity contribution in [2.75, 3.05) is 19.6 Å². The molecule has 0 spiro atoms. The lowest BCUT2D eigenvalue weighted by Gasteiger charge is -2.32. The molecule has 2 amide bonds. The summed E-state index contributed by atoms with van der Waals surface area (Å²) in [4.78, 5) is 26.5. The minimum atomic E-state index is -0.185. The van der Waals surface area contributed by atoms with Crippen LogP contribution in [0.2, 0.25) is 0 Å². The van der Waals surface area contributed by atoms with Crippen molar-refractivity contribution >= 4 is 11.8 Å². The molecule has 0 radical (unpaired) electrons. The summed E-state index contributed by atoms with van der Waals surface area (Å²) in [5.41, 5.74) is 2.91. The number of amides is 2. The average molecular weight is 350 g/mol. The van der Waals surface area contributed by atoms with Crippen LogP contribution in [0, 0.1) is 12.8 Å². The third kappa shape index (κ3) is 4.72. The summed E-state index contributed by atoms with van der Waals surface area (Å²) in [6, 6.07) is 17.9. The summed E-state index contributed by atoms with van der Waals surface area (Å²) in [6.45, 7) is 3.51. The van der Waals surface area contributed by atoms with Crippen LogP contribution in [0.4, 0.5) is 0 Å². The van der Waals surface area contributed by atoms with E-state index in [0.717, 1.165) is 37.9 Å². The summed E-state index contributed by atoms with van der Waals surface area (Å²) in [6.07, 6.45) is 3.12. The maximum atomic E-state index is 12.4. The third-order valence-corrected chi connectivity index (χ3v) is 5.12. The van der Waals surface area contributed by atoms with Gasteiger partial charge in [0.1, 0.15) is 0 Å². The van der Waals surface area contributed by atoms with E-state index in [1.54, 1.807) is 6.07 Å². The Bertz CT molecular complexity index is 750. The first-order chi connectivity index (χ1) is 12.6. The van der Waals surface area contributed by atoms with Gasteiger partial charge in [-0.15, -0.1) is 0 Å². The molecule has 4 nitrogen and oxygen atoms in total. The van der Waals surface area contributed by atoms with Gasteiger partial charge in [0.25, 0.3) is 5.91 Å². The van der Waals surface area contributed by atoms with Gasteiger partial charge in [0.2, 0.25) is 5.91 Å². The van der Waals surface area contributed by atoms with Crippen LogP contribution in [0.3, 0.4) is 0 Å². The number of piperidine rings is 1. The van der Waals surface area contributed by atoms with Gasteiger partial charge in [0, 0.05) is 18.7 Å². The van der Waals surface area contributed by atoms with Crippen LogP contribution in [0.5, 0.6) is 0 Å². The molecule has 26 heavy (non-hydrogen) atoms. The van der Waals surface area contributed by atoms with Gasteiger partial charge >= 0.3 is 0 Å². The Labute approximate surface area is 155 Å². The number of hydrogen-bond donors (Lipinski definition) is 1. The van der Waals surface area contributed by atoms with Gasteiger partial charge in [-0.1, -0.05) is 48.5 Å². The molecule has 2 aromatic rings. The van der Waals surface area contributed by atoms with Gasteiger partial charge in [0.15, 0.2) is 0 Å². The molecule has 0 bridgehead atoms. The first kappa shape index (κ1) is 18.2. The molecule has 1 fully saturated rings. The molecule has 4 heteroatoms. The van der Waals surface area contributed by atoms with Crippen LogP contribution < -0.4 is 5.32 Å². The summed E-state index contributed by atoms with van der Waals surface area (Å²) >= 11 is 0. The molecule has 1 heterocycles. The van der Waals surface area contributed by atoms with E-state index in [1.165, 1.54) is 5.56 Å². The van der Waals surface area contributed by atoms with E-state index in [9.17, 15) is 9.59 Å². The number of likely N-dealkylation sites (tertiary alicyclic amines) is 1. The summed E-state index contributed by atoms with van der Waals surface area (Å²) < 4.78 is 0. The fourth-order valence-electron chi connectivity index (χ4n) is 3.52. The zero-order valence-electron chi connectivity index (χ0n) is 15.3. The molecule has 2 aromatic carbocycles. The molecular weight excluding hydrogens is 324 g/mol. The summed E-state index contributed by atoms with van der Waals surface area (Å²) in [7, 11) is 0. The highest BCUT2D eigenvalue weighted by atomic mass is 16.2. The van der Waals surface area contributed by atoms with Crippen molar-refractivity contribution in [3.8, 4) is 0 Å². The number of nitrogens with one attached hydrogen (secondary N) is 1.